The maximum Gasteiger partial charge on any atom is 0.251 e. The van der Waals surface area contributed by atoms with E-state index < -0.39 is 0 Å². The highest BCUT2D eigenvalue weighted by Gasteiger charge is 2.09. The lowest BCUT2D eigenvalue weighted by Gasteiger charge is -2.01. The van der Waals surface area contributed by atoms with E-state index in [1.165, 1.54) is 17.8 Å². The number of nitrogens with zero attached hydrogens (tertiary/aromatic N) is 2. The lowest BCUT2D eigenvalue weighted by molar-refractivity contribution is 0.815. The molecule has 2 aromatic heterocycles. The monoisotopic (exact) mass is 265 g/mol. The zero-order valence-electron chi connectivity index (χ0n) is 10.3. The molecule has 7 heteroatoms. The Bertz CT molecular complexity index is 604. The molecule has 96 valence electrons. The number of aromatic nitrogens is 4. The van der Waals surface area contributed by atoms with Crippen LogP contribution in [0.2, 0.25) is 0 Å². The first-order valence-corrected chi connectivity index (χ1v) is 6.50. The van der Waals surface area contributed by atoms with E-state index in [0.717, 1.165) is 24.4 Å². The fraction of sp³-hybridized carbons (Fsp3) is 0.364. The highest BCUT2D eigenvalue weighted by Crippen LogP contribution is 2.26. The minimum Gasteiger partial charge on any atom is -0.383 e. The SMILES string of the molecule is CCCc1cc(=O)[nH]c(Sc2nc(C)[nH]c2N)n1. The van der Waals surface area contributed by atoms with E-state index in [1.54, 1.807) is 0 Å². The molecule has 18 heavy (non-hydrogen) atoms. The van der Waals surface area contributed by atoms with E-state index in [4.69, 9.17) is 5.73 Å². The summed E-state index contributed by atoms with van der Waals surface area (Å²) in [5.74, 6) is 1.23. The minimum atomic E-state index is -0.151. The number of aromatic amines is 2. The van der Waals surface area contributed by atoms with Crippen LogP contribution in [-0.2, 0) is 6.42 Å². The van der Waals surface area contributed by atoms with Crippen LogP contribution in [0.5, 0.6) is 0 Å². The summed E-state index contributed by atoms with van der Waals surface area (Å²) in [7, 11) is 0. The van der Waals surface area contributed by atoms with Crippen molar-refractivity contribution in [2.75, 3.05) is 5.73 Å². The predicted octanol–water partition coefficient (Wildman–Crippen LogP) is 1.49. The third-order valence-electron chi connectivity index (χ3n) is 2.29. The van der Waals surface area contributed by atoms with Gasteiger partial charge in [-0.1, -0.05) is 13.3 Å². The van der Waals surface area contributed by atoms with E-state index >= 15 is 0 Å². The Hall–Kier alpha value is -1.76. The zero-order valence-corrected chi connectivity index (χ0v) is 11.1. The molecule has 0 saturated carbocycles. The molecule has 0 aromatic carbocycles. The molecule has 0 unspecified atom stereocenters. The number of nitrogens with two attached hydrogens (primary N) is 1. The molecular weight excluding hydrogens is 250 g/mol. The van der Waals surface area contributed by atoms with Crippen molar-refractivity contribution in [3.05, 3.63) is 27.9 Å². The van der Waals surface area contributed by atoms with Gasteiger partial charge in [-0.2, -0.15) is 0 Å². The number of rotatable bonds is 4. The van der Waals surface area contributed by atoms with Gasteiger partial charge in [0, 0.05) is 11.8 Å². The van der Waals surface area contributed by atoms with Gasteiger partial charge < -0.3 is 15.7 Å². The average molecular weight is 265 g/mol. The highest BCUT2D eigenvalue weighted by molar-refractivity contribution is 7.99. The second-order valence-corrected chi connectivity index (χ2v) is 4.91. The van der Waals surface area contributed by atoms with Gasteiger partial charge in [-0.25, -0.2) is 9.97 Å². The number of nitrogens with one attached hydrogen (secondary N) is 2. The molecule has 0 aliphatic carbocycles. The van der Waals surface area contributed by atoms with Gasteiger partial charge in [-0.3, -0.25) is 4.79 Å². The molecule has 0 spiro atoms. The maximum atomic E-state index is 11.5. The largest absolute Gasteiger partial charge is 0.383 e. The molecule has 0 radical (unpaired) electrons. The van der Waals surface area contributed by atoms with Crippen molar-refractivity contribution in [2.45, 2.75) is 36.9 Å². The normalized spacial score (nSPS) is 10.8. The van der Waals surface area contributed by atoms with Gasteiger partial charge >= 0.3 is 0 Å². The van der Waals surface area contributed by atoms with E-state index in [-0.39, 0.29) is 5.56 Å². The van der Waals surface area contributed by atoms with Gasteiger partial charge in [-0.05, 0) is 25.1 Å². The molecular formula is C11H15N5OS. The fourth-order valence-electron chi connectivity index (χ4n) is 1.57. The second kappa shape index (κ2) is 5.26. The third kappa shape index (κ3) is 2.92. The summed E-state index contributed by atoms with van der Waals surface area (Å²) in [6.07, 6.45) is 1.73. The lowest BCUT2D eigenvalue weighted by atomic mass is 10.2. The number of nitrogen functional groups attached to an aromatic ring is 1. The van der Waals surface area contributed by atoms with Crippen LogP contribution in [0.1, 0.15) is 24.9 Å². The Morgan fingerprint density at radius 1 is 1.39 bits per heavy atom. The number of hydrogen-bond donors (Lipinski definition) is 3. The summed E-state index contributed by atoms with van der Waals surface area (Å²) < 4.78 is 0. The molecule has 0 saturated heterocycles. The van der Waals surface area contributed by atoms with Gasteiger partial charge in [0.25, 0.3) is 5.56 Å². The van der Waals surface area contributed by atoms with Crippen LogP contribution in [0.15, 0.2) is 21.0 Å². The number of aryl methyl sites for hydroxylation is 2. The van der Waals surface area contributed by atoms with Crippen molar-refractivity contribution in [1.82, 2.24) is 19.9 Å². The predicted molar refractivity (Wildman–Crippen MR) is 70.7 cm³/mol. The van der Waals surface area contributed by atoms with Gasteiger partial charge in [0.15, 0.2) is 5.16 Å². The molecule has 0 amide bonds. The van der Waals surface area contributed by atoms with Gasteiger partial charge in [0.1, 0.15) is 16.7 Å². The van der Waals surface area contributed by atoms with Crippen molar-refractivity contribution in [2.24, 2.45) is 0 Å². The van der Waals surface area contributed by atoms with Crippen LogP contribution in [0.3, 0.4) is 0 Å². The van der Waals surface area contributed by atoms with E-state index in [2.05, 4.69) is 19.9 Å². The summed E-state index contributed by atoms with van der Waals surface area (Å²) in [6, 6.07) is 1.52. The minimum absolute atomic E-state index is 0.151. The van der Waals surface area contributed by atoms with Crippen LogP contribution in [0.4, 0.5) is 5.82 Å². The number of anilines is 1. The summed E-state index contributed by atoms with van der Waals surface area (Å²) in [4.78, 5) is 25.7. The van der Waals surface area contributed by atoms with Crippen molar-refractivity contribution < 1.29 is 0 Å². The molecule has 0 atom stereocenters. The zero-order chi connectivity index (χ0) is 13.1. The Morgan fingerprint density at radius 3 is 2.78 bits per heavy atom. The molecule has 6 nitrogen and oxygen atoms in total. The summed E-state index contributed by atoms with van der Waals surface area (Å²) >= 11 is 1.26. The number of H-pyrrole nitrogens is 2. The molecule has 0 aliphatic rings. The van der Waals surface area contributed by atoms with Crippen molar-refractivity contribution in [3.63, 3.8) is 0 Å². The molecule has 0 fully saturated rings. The van der Waals surface area contributed by atoms with Crippen LogP contribution < -0.4 is 11.3 Å². The van der Waals surface area contributed by atoms with E-state index in [0.29, 0.717) is 16.0 Å². The molecule has 2 rings (SSSR count). The van der Waals surface area contributed by atoms with Crippen molar-refractivity contribution >= 4 is 17.6 Å². The molecule has 2 aromatic rings. The Balaban J connectivity index is 2.28. The van der Waals surface area contributed by atoms with E-state index in [9.17, 15) is 4.79 Å². The van der Waals surface area contributed by atoms with Crippen LogP contribution in [-0.4, -0.2) is 19.9 Å². The van der Waals surface area contributed by atoms with Gasteiger partial charge in [0.2, 0.25) is 0 Å². The maximum absolute atomic E-state index is 11.5. The van der Waals surface area contributed by atoms with Crippen LogP contribution in [0.25, 0.3) is 0 Å². The van der Waals surface area contributed by atoms with Gasteiger partial charge in [0.05, 0.1) is 0 Å². The Kier molecular flexibility index (Phi) is 3.71. The lowest BCUT2D eigenvalue weighted by Crippen LogP contribution is -2.09. The quantitative estimate of drug-likeness (QED) is 0.727. The molecule has 0 aliphatic heterocycles. The summed E-state index contributed by atoms with van der Waals surface area (Å²) in [5.41, 5.74) is 6.40. The smallest absolute Gasteiger partial charge is 0.251 e. The van der Waals surface area contributed by atoms with Crippen molar-refractivity contribution in [3.8, 4) is 0 Å². The Morgan fingerprint density at radius 2 is 2.17 bits per heavy atom. The first-order valence-electron chi connectivity index (χ1n) is 5.68. The molecule has 0 bridgehead atoms. The average Bonchev–Trinajstić information content (AvgIpc) is 2.57. The standard InChI is InChI=1S/C11H15N5OS/c1-3-4-7-5-8(17)16-11(15-7)18-10-9(12)13-6(2)14-10/h5H,3-4,12H2,1-2H3,(H,13,14)(H,15,16,17). The second-order valence-electron chi connectivity index (χ2n) is 3.93. The number of imidazole rings is 1. The first kappa shape index (κ1) is 12.7. The first-order chi connectivity index (χ1) is 8.58. The summed E-state index contributed by atoms with van der Waals surface area (Å²) in [5, 5.41) is 1.15. The van der Waals surface area contributed by atoms with Crippen molar-refractivity contribution in [1.29, 1.82) is 0 Å². The third-order valence-corrected chi connectivity index (χ3v) is 3.18. The Labute approximate surface area is 108 Å². The van der Waals surface area contributed by atoms with Crippen LogP contribution >= 0.6 is 11.8 Å². The summed E-state index contributed by atoms with van der Waals surface area (Å²) in [6.45, 7) is 3.87. The highest BCUT2D eigenvalue weighted by atomic mass is 32.2. The van der Waals surface area contributed by atoms with Gasteiger partial charge in [-0.15, -0.1) is 0 Å². The molecule has 4 N–H and O–H groups in total. The fourth-order valence-corrected chi connectivity index (χ4v) is 2.42. The van der Waals surface area contributed by atoms with Crippen LogP contribution in [0, 0.1) is 6.92 Å². The van der Waals surface area contributed by atoms with E-state index in [1.807, 2.05) is 13.8 Å². The topological polar surface area (TPSA) is 100 Å². The molecule has 2 heterocycles. The number of hydrogen-bond acceptors (Lipinski definition) is 5.